The van der Waals surface area contributed by atoms with Crippen molar-refractivity contribution in [3.8, 4) is 0 Å². The fourth-order valence-corrected chi connectivity index (χ4v) is 4.22. The van der Waals surface area contributed by atoms with Crippen molar-refractivity contribution in [3.05, 3.63) is 101 Å². The van der Waals surface area contributed by atoms with E-state index in [2.05, 4.69) is 10.2 Å². The van der Waals surface area contributed by atoms with Crippen LogP contribution in [0.25, 0.3) is 0 Å². The lowest BCUT2D eigenvalue weighted by atomic mass is 9.90. The van der Waals surface area contributed by atoms with E-state index in [1.165, 1.54) is 0 Å². The number of hydrogen-bond acceptors (Lipinski definition) is 3. The summed E-state index contributed by atoms with van der Waals surface area (Å²) in [6.45, 7) is 2.76. The number of para-hydroxylation sites is 1. The zero-order valence-corrected chi connectivity index (χ0v) is 18.5. The average Bonchev–Trinajstić information content (AvgIpc) is 2.82. The van der Waals surface area contributed by atoms with Crippen LogP contribution in [0.5, 0.6) is 0 Å². The first kappa shape index (κ1) is 22.1. The van der Waals surface area contributed by atoms with Gasteiger partial charge >= 0.3 is 0 Å². The molecule has 1 heterocycles. The molecule has 5 nitrogen and oxygen atoms in total. The van der Waals surface area contributed by atoms with E-state index < -0.39 is 0 Å². The van der Waals surface area contributed by atoms with Crippen LogP contribution in [0.2, 0.25) is 5.02 Å². The summed E-state index contributed by atoms with van der Waals surface area (Å²) in [6, 6.07) is 27.0. The van der Waals surface area contributed by atoms with E-state index in [-0.39, 0.29) is 24.3 Å². The van der Waals surface area contributed by atoms with Gasteiger partial charge in [0.25, 0.3) is 0 Å². The normalized spacial score (nSPS) is 14.4. The van der Waals surface area contributed by atoms with Gasteiger partial charge in [0.05, 0.1) is 23.2 Å². The maximum atomic E-state index is 13.5. The summed E-state index contributed by atoms with van der Waals surface area (Å²) in [4.78, 5) is 29.9. The van der Waals surface area contributed by atoms with Crippen LogP contribution in [0.1, 0.15) is 17.0 Å². The van der Waals surface area contributed by atoms with Gasteiger partial charge in [-0.2, -0.15) is 0 Å². The third-order valence-electron chi connectivity index (χ3n) is 5.71. The number of halogens is 1. The molecule has 1 saturated heterocycles. The van der Waals surface area contributed by atoms with Gasteiger partial charge < -0.3 is 10.2 Å². The molecule has 2 amide bonds. The van der Waals surface area contributed by atoms with E-state index in [4.69, 9.17) is 11.6 Å². The zero-order chi connectivity index (χ0) is 22.3. The van der Waals surface area contributed by atoms with Gasteiger partial charge in [0.15, 0.2) is 0 Å². The van der Waals surface area contributed by atoms with Gasteiger partial charge in [-0.3, -0.25) is 14.5 Å². The summed E-state index contributed by atoms with van der Waals surface area (Å²) in [5, 5.41) is 3.38. The maximum Gasteiger partial charge on any atom is 0.238 e. The number of carbonyl (C=O) groups excluding carboxylic acids is 2. The number of nitrogens with zero attached hydrogens (tertiary/aromatic N) is 2. The molecule has 32 heavy (non-hydrogen) atoms. The van der Waals surface area contributed by atoms with Gasteiger partial charge in [-0.15, -0.1) is 0 Å². The minimum Gasteiger partial charge on any atom is -0.339 e. The first-order chi connectivity index (χ1) is 15.6. The van der Waals surface area contributed by atoms with Crippen molar-refractivity contribution >= 4 is 29.1 Å². The Bertz CT molecular complexity index is 1010. The Hall–Kier alpha value is -3.15. The number of rotatable bonds is 6. The Morgan fingerprint density at radius 1 is 0.781 bits per heavy atom. The second kappa shape index (κ2) is 10.4. The van der Waals surface area contributed by atoms with Crippen LogP contribution < -0.4 is 5.32 Å². The molecule has 3 aromatic carbocycles. The van der Waals surface area contributed by atoms with Crippen molar-refractivity contribution in [1.29, 1.82) is 0 Å². The summed E-state index contributed by atoms with van der Waals surface area (Å²) in [6.07, 6.45) is 0. The number of piperazine rings is 1. The van der Waals surface area contributed by atoms with Gasteiger partial charge in [-0.25, -0.2) is 0 Å². The molecule has 0 atom stereocenters. The molecular formula is C26H26ClN3O2. The lowest BCUT2D eigenvalue weighted by Gasteiger charge is -2.36. The lowest BCUT2D eigenvalue weighted by molar-refractivity contribution is -0.133. The first-order valence-corrected chi connectivity index (χ1v) is 11.1. The van der Waals surface area contributed by atoms with Crippen LogP contribution in [0.3, 0.4) is 0 Å². The highest BCUT2D eigenvalue weighted by atomic mass is 35.5. The van der Waals surface area contributed by atoms with E-state index in [0.717, 1.165) is 11.1 Å². The molecule has 0 aromatic heterocycles. The van der Waals surface area contributed by atoms with Crippen molar-refractivity contribution in [2.75, 3.05) is 38.0 Å². The molecule has 1 aliphatic rings. The predicted octanol–water partition coefficient (Wildman–Crippen LogP) is 4.25. The van der Waals surface area contributed by atoms with Gasteiger partial charge in [0, 0.05) is 26.2 Å². The Balaban J connectivity index is 1.38. The third-order valence-corrected chi connectivity index (χ3v) is 6.04. The highest BCUT2D eigenvalue weighted by Gasteiger charge is 2.30. The van der Waals surface area contributed by atoms with Crippen LogP contribution in [-0.4, -0.2) is 54.3 Å². The first-order valence-electron chi connectivity index (χ1n) is 10.8. The second-order valence-electron chi connectivity index (χ2n) is 7.88. The summed E-state index contributed by atoms with van der Waals surface area (Å²) >= 11 is 6.12. The highest BCUT2D eigenvalue weighted by Crippen LogP contribution is 2.27. The molecule has 164 valence electrons. The minimum atomic E-state index is -0.326. The molecule has 0 bridgehead atoms. The minimum absolute atomic E-state index is 0.0996. The predicted molar refractivity (Wildman–Crippen MR) is 128 cm³/mol. The number of hydrogen-bond donors (Lipinski definition) is 1. The molecule has 0 aliphatic carbocycles. The Kier molecular flexibility index (Phi) is 7.20. The summed E-state index contributed by atoms with van der Waals surface area (Å²) < 4.78 is 0. The van der Waals surface area contributed by atoms with E-state index >= 15 is 0 Å². The molecule has 1 aliphatic heterocycles. The number of benzene rings is 3. The van der Waals surface area contributed by atoms with Crippen molar-refractivity contribution in [2.45, 2.75) is 5.92 Å². The van der Waals surface area contributed by atoms with E-state index in [1.807, 2.05) is 77.7 Å². The Labute approximate surface area is 193 Å². The molecule has 3 aromatic rings. The van der Waals surface area contributed by atoms with Gasteiger partial charge in [-0.05, 0) is 23.3 Å². The second-order valence-corrected chi connectivity index (χ2v) is 8.29. The monoisotopic (exact) mass is 447 g/mol. The van der Waals surface area contributed by atoms with Crippen molar-refractivity contribution < 1.29 is 9.59 Å². The van der Waals surface area contributed by atoms with Crippen molar-refractivity contribution in [2.24, 2.45) is 0 Å². The van der Waals surface area contributed by atoms with Crippen LogP contribution in [-0.2, 0) is 9.59 Å². The molecule has 4 rings (SSSR count). The summed E-state index contributed by atoms with van der Waals surface area (Å²) in [5.41, 5.74) is 2.59. The molecular weight excluding hydrogens is 422 g/mol. The number of nitrogens with one attached hydrogen (secondary N) is 1. The zero-order valence-electron chi connectivity index (χ0n) is 17.8. The summed E-state index contributed by atoms with van der Waals surface area (Å²) in [5.74, 6) is -0.334. The van der Waals surface area contributed by atoms with Crippen LogP contribution >= 0.6 is 11.6 Å². The topological polar surface area (TPSA) is 52.7 Å². The molecule has 0 spiro atoms. The maximum absolute atomic E-state index is 13.5. The molecule has 1 fully saturated rings. The van der Waals surface area contributed by atoms with E-state index in [1.54, 1.807) is 12.1 Å². The van der Waals surface area contributed by atoms with E-state index in [9.17, 15) is 9.59 Å². The molecule has 1 N–H and O–H groups in total. The Morgan fingerprint density at radius 2 is 1.31 bits per heavy atom. The molecule has 6 heteroatoms. The van der Waals surface area contributed by atoms with Gasteiger partial charge in [-0.1, -0.05) is 84.4 Å². The fraction of sp³-hybridized carbons (Fsp3) is 0.231. The number of anilines is 1. The standard InChI is InChI=1S/C26H26ClN3O2/c27-22-13-7-8-14-23(22)28-24(31)19-29-15-17-30(18-16-29)26(32)25(20-9-3-1-4-10-20)21-11-5-2-6-12-21/h1-14,25H,15-19H2,(H,28,31). The smallest absolute Gasteiger partial charge is 0.238 e. The van der Waals surface area contributed by atoms with Gasteiger partial charge in [0.1, 0.15) is 0 Å². The fourth-order valence-electron chi connectivity index (χ4n) is 4.03. The Morgan fingerprint density at radius 3 is 1.88 bits per heavy atom. The van der Waals surface area contributed by atoms with Crippen LogP contribution in [0.15, 0.2) is 84.9 Å². The molecule has 0 unspecified atom stereocenters. The number of amides is 2. The SMILES string of the molecule is O=C(CN1CCN(C(=O)C(c2ccccc2)c2ccccc2)CC1)Nc1ccccc1Cl. The van der Waals surface area contributed by atoms with Crippen LogP contribution in [0, 0.1) is 0 Å². The number of carbonyl (C=O) groups is 2. The van der Waals surface area contributed by atoms with Crippen molar-refractivity contribution in [1.82, 2.24) is 9.80 Å². The highest BCUT2D eigenvalue weighted by molar-refractivity contribution is 6.33. The largest absolute Gasteiger partial charge is 0.339 e. The lowest BCUT2D eigenvalue weighted by Crippen LogP contribution is -2.51. The van der Waals surface area contributed by atoms with Crippen molar-refractivity contribution in [3.63, 3.8) is 0 Å². The average molecular weight is 448 g/mol. The molecule has 0 radical (unpaired) electrons. The van der Waals surface area contributed by atoms with E-state index in [0.29, 0.717) is 36.9 Å². The quantitative estimate of drug-likeness (QED) is 0.614. The van der Waals surface area contributed by atoms with Gasteiger partial charge in [0.2, 0.25) is 11.8 Å². The molecule has 0 saturated carbocycles. The third kappa shape index (κ3) is 5.36. The van der Waals surface area contributed by atoms with Crippen LogP contribution in [0.4, 0.5) is 5.69 Å². The summed E-state index contributed by atoms with van der Waals surface area (Å²) in [7, 11) is 0.